The molecule has 4 rings (SSSR count). The molecule has 0 unspecified atom stereocenters. The normalized spacial score (nSPS) is 13.1. The molecule has 2 aromatic carbocycles. The van der Waals surface area contributed by atoms with Gasteiger partial charge in [0.25, 0.3) is 5.91 Å². The number of carbonyl (C=O) groups excluding carboxylic acids is 1. The average Bonchev–Trinajstić information content (AvgIpc) is 3.15. The zero-order chi connectivity index (χ0) is 20.4. The largest absolute Gasteiger partial charge is 0.483 e. The molecule has 1 aliphatic carbocycles. The zero-order valence-corrected chi connectivity index (χ0v) is 19.0. The van der Waals surface area contributed by atoms with Gasteiger partial charge in [0.15, 0.2) is 11.7 Å². The van der Waals surface area contributed by atoms with E-state index < -0.39 is 0 Å². The van der Waals surface area contributed by atoms with Crippen molar-refractivity contribution < 1.29 is 9.53 Å². The number of ether oxygens (including phenoxy) is 1. The standard InChI is InChI=1S/C23H23BrN2O2S/c1-14-9-19(24)10-15(2)22(14)28-12-21(27)26-23-25-20(13-29-23)18-8-7-16-5-3-4-6-17(16)11-18/h7-11,13H,3-6,12H2,1-2H3,(H,25,26,27). The molecule has 1 N–H and O–H groups in total. The molecule has 0 spiro atoms. The highest BCUT2D eigenvalue weighted by atomic mass is 79.9. The summed E-state index contributed by atoms with van der Waals surface area (Å²) in [6, 6.07) is 10.6. The molecule has 29 heavy (non-hydrogen) atoms. The Hall–Kier alpha value is -2.18. The lowest BCUT2D eigenvalue weighted by Gasteiger charge is -2.16. The van der Waals surface area contributed by atoms with E-state index in [1.165, 1.54) is 41.7 Å². The van der Waals surface area contributed by atoms with E-state index in [4.69, 9.17) is 4.74 Å². The Morgan fingerprint density at radius 2 is 1.86 bits per heavy atom. The number of aromatic nitrogens is 1. The summed E-state index contributed by atoms with van der Waals surface area (Å²) in [5, 5.41) is 5.43. The van der Waals surface area contributed by atoms with Crippen molar-refractivity contribution in [2.24, 2.45) is 0 Å². The van der Waals surface area contributed by atoms with E-state index >= 15 is 0 Å². The number of hydrogen-bond acceptors (Lipinski definition) is 4. The predicted octanol–water partition coefficient (Wildman–Crippen LogP) is 6.09. The van der Waals surface area contributed by atoms with Gasteiger partial charge in [-0.3, -0.25) is 10.1 Å². The van der Waals surface area contributed by atoms with E-state index in [0.29, 0.717) is 5.13 Å². The first-order valence-corrected chi connectivity index (χ1v) is 11.4. The highest BCUT2D eigenvalue weighted by Crippen LogP contribution is 2.30. The number of nitrogens with one attached hydrogen (secondary N) is 1. The van der Waals surface area contributed by atoms with Gasteiger partial charge in [0.1, 0.15) is 5.75 Å². The van der Waals surface area contributed by atoms with Crippen LogP contribution in [0.4, 0.5) is 5.13 Å². The third kappa shape index (κ3) is 4.70. The number of thiazole rings is 1. The van der Waals surface area contributed by atoms with Gasteiger partial charge in [-0.05, 0) is 80.0 Å². The first kappa shape index (κ1) is 20.1. The number of fused-ring (bicyclic) bond motifs is 1. The molecule has 0 bridgehead atoms. The third-order valence-electron chi connectivity index (χ3n) is 5.17. The first-order chi connectivity index (χ1) is 14.0. The smallest absolute Gasteiger partial charge is 0.264 e. The molecular formula is C23H23BrN2O2S. The molecule has 150 valence electrons. The van der Waals surface area contributed by atoms with Crippen LogP contribution in [0.2, 0.25) is 0 Å². The van der Waals surface area contributed by atoms with Crippen molar-refractivity contribution in [3.8, 4) is 17.0 Å². The van der Waals surface area contributed by atoms with Crippen LogP contribution in [0.15, 0.2) is 40.2 Å². The van der Waals surface area contributed by atoms with Gasteiger partial charge in [0.2, 0.25) is 0 Å². The second-order valence-electron chi connectivity index (χ2n) is 7.43. The van der Waals surface area contributed by atoms with E-state index in [1.54, 1.807) is 0 Å². The fraction of sp³-hybridized carbons (Fsp3) is 0.304. The number of anilines is 1. The van der Waals surface area contributed by atoms with Crippen LogP contribution in [0.1, 0.15) is 35.1 Å². The summed E-state index contributed by atoms with van der Waals surface area (Å²) >= 11 is 4.91. The number of hydrogen-bond donors (Lipinski definition) is 1. The molecule has 1 aromatic heterocycles. The Morgan fingerprint density at radius 3 is 2.62 bits per heavy atom. The van der Waals surface area contributed by atoms with Gasteiger partial charge in [0, 0.05) is 15.4 Å². The van der Waals surface area contributed by atoms with Crippen LogP contribution >= 0.6 is 27.3 Å². The van der Waals surface area contributed by atoms with Crippen LogP contribution in [0.5, 0.6) is 5.75 Å². The summed E-state index contributed by atoms with van der Waals surface area (Å²) in [5.74, 6) is 0.537. The Kier molecular flexibility index (Phi) is 6.01. The van der Waals surface area contributed by atoms with Crippen molar-refractivity contribution >= 4 is 38.3 Å². The topological polar surface area (TPSA) is 51.2 Å². The van der Waals surface area contributed by atoms with E-state index in [9.17, 15) is 4.79 Å². The number of aryl methyl sites for hydroxylation is 4. The molecule has 6 heteroatoms. The van der Waals surface area contributed by atoms with E-state index in [0.717, 1.165) is 39.0 Å². The van der Waals surface area contributed by atoms with Crippen molar-refractivity contribution in [2.75, 3.05) is 11.9 Å². The van der Waals surface area contributed by atoms with Crippen LogP contribution in [0.25, 0.3) is 11.3 Å². The molecule has 0 fully saturated rings. The van der Waals surface area contributed by atoms with Gasteiger partial charge in [-0.25, -0.2) is 4.98 Å². The zero-order valence-electron chi connectivity index (χ0n) is 16.5. The summed E-state index contributed by atoms with van der Waals surface area (Å²) in [6.07, 6.45) is 4.85. The number of rotatable bonds is 5. The molecule has 1 amide bonds. The maximum Gasteiger partial charge on any atom is 0.264 e. The Labute approximate surface area is 183 Å². The minimum atomic E-state index is -0.210. The van der Waals surface area contributed by atoms with Gasteiger partial charge in [-0.1, -0.05) is 28.1 Å². The maximum absolute atomic E-state index is 12.3. The second kappa shape index (κ2) is 8.67. The minimum Gasteiger partial charge on any atom is -0.483 e. The summed E-state index contributed by atoms with van der Waals surface area (Å²) in [7, 11) is 0. The SMILES string of the molecule is Cc1cc(Br)cc(C)c1OCC(=O)Nc1nc(-c2ccc3c(c2)CCCC3)cs1. The highest BCUT2D eigenvalue weighted by molar-refractivity contribution is 9.10. The van der Waals surface area contributed by atoms with Gasteiger partial charge < -0.3 is 4.74 Å². The number of halogens is 1. The van der Waals surface area contributed by atoms with Crippen molar-refractivity contribution in [1.82, 2.24) is 4.98 Å². The molecule has 0 saturated heterocycles. The minimum absolute atomic E-state index is 0.0446. The molecule has 0 radical (unpaired) electrons. The molecular weight excluding hydrogens is 448 g/mol. The Balaban J connectivity index is 1.40. The number of amides is 1. The lowest BCUT2D eigenvalue weighted by Crippen LogP contribution is -2.20. The van der Waals surface area contributed by atoms with Crippen LogP contribution in [-0.2, 0) is 17.6 Å². The van der Waals surface area contributed by atoms with Gasteiger partial charge in [-0.15, -0.1) is 11.3 Å². The highest BCUT2D eigenvalue weighted by Gasteiger charge is 2.14. The Morgan fingerprint density at radius 1 is 1.14 bits per heavy atom. The van der Waals surface area contributed by atoms with Crippen LogP contribution in [-0.4, -0.2) is 17.5 Å². The van der Waals surface area contributed by atoms with Crippen LogP contribution in [0.3, 0.4) is 0 Å². The van der Waals surface area contributed by atoms with Crippen molar-refractivity contribution in [3.05, 3.63) is 62.4 Å². The van der Waals surface area contributed by atoms with Gasteiger partial charge in [0.05, 0.1) is 5.69 Å². The molecule has 1 aliphatic rings. The van der Waals surface area contributed by atoms with E-state index in [2.05, 4.69) is 44.4 Å². The fourth-order valence-electron chi connectivity index (χ4n) is 3.77. The number of nitrogens with zero attached hydrogens (tertiary/aromatic N) is 1. The quantitative estimate of drug-likeness (QED) is 0.490. The molecule has 0 aliphatic heterocycles. The summed E-state index contributed by atoms with van der Waals surface area (Å²) in [4.78, 5) is 16.9. The van der Waals surface area contributed by atoms with Gasteiger partial charge >= 0.3 is 0 Å². The number of carbonyl (C=O) groups is 1. The fourth-order valence-corrected chi connectivity index (χ4v) is 5.20. The monoisotopic (exact) mass is 470 g/mol. The molecule has 1 heterocycles. The lowest BCUT2D eigenvalue weighted by atomic mass is 9.90. The van der Waals surface area contributed by atoms with Gasteiger partial charge in [-0.2, -0.15) is 0 Å². The van der Waals surface area contributed by atoms with E-state index in [1.807, 2.05) is 31.4 Å². The lowest BCUT2D eigenvalue weighted by molar-refractivity contribution is -0.118. The molecule has 0 atom stereocenters. The molecule has 3 aromatic rings. The average molecular weight is 471 g/mol. The maximum atomic E-state index is 12.3. The Bertz CT molecular complexity index is 1040. The van der Waals surface area contributed by atoms with Crippen LogP contribution < -0.4 is 10.1 Å². The van der Waals surface area contributed by atoms with Crippen molar-refractivity contribution in [1.29, 1.82) is 0 Å². The van der Waals surface area contributed by atoms with E-state index in [-0.39, 0.29) is 12.5 Å². The van der Waals surface area contributed by atoms with Crippen molar-refractivity contribution in [2.45, 2.75) is 39.5 Å². The number of benzene rings is 2. The predicted molar refractivity (Wildman–Crippen MR) is 122 cm³/mol. The second-order valence-corrected chi connectivity index (χ2v) is 9.21. The summed E-state index contributed by atoms with van der Waals surface area (Å²) in [5.41, 5.74) is 6.89. The summed E-state index contributed by atoms with van der Waals surface area (Å²) in [6.45, 7) is 3.89. The summed E-state index contributed by atoms with van der Waals surface area (Å²) < 4.78 is 6.76. The van der Waals surface area contributed by atoms with Crippen LogP contribution in [0, 0.1) is 13.8 Å². The molecule has 0 saturated carbocycles. The third-order valence-corrected chi connectivity index (χ3v) is 6.38. The van der Waals surface area contributed by atoms with Crippen molar-refractivity contribution in [3.63, 3.8) is 0 Å². The first-order valence-electron chi connectivity index (χ1n) is 9.77. The molecule has 4 nitrogen and oxygen atoms in total.